The lowest BCUT2D eigenvalue weighted by molar-refractivity contribution is 0.513. The molecule has 3 nitrogen and oxygen atoms in total. The SMILES string of the molecule is CCn1c(=O)oc2cc(C(Br)c3sccc3Cl)ccc21. The van der Waals surface area contributed by atoms with E-state index in [4.69, 9.17) is 16.0 Å². The molecule has 0 aliphatic heterocycles. The highest BCUT2D eigenvalue weighted by atomic mass is 79.9. The fourth-order valence-corrected chi connectivity index (χ4v) is 4.33. The predicted molar refractivity (Wildman–Crippen MR) is 86.2 cm³/mol. The third-order valence-corrected chi connectivity index (χ3v) is 5.89. The number of hydrogen-bond acceptors (Lipinski definition) is 3. The van der Waals surface area contributed by atoms with E-state index in [9.17, 15) is 4.79 Å². The molecule has 3 rings (SSSR count). The van der Waals surface area contributed by atoms with Crippen molar-refractivity contribution in [1.82, 2.24) is 4.57 Å². The van der Waals surface area contributed by atoms with Crippen molar-refractivity contribution in [2.24, 2.45) is 0 Å². The van der Waals surface area contributed by atoms with Gasteiger partial charge in [0, 0.05) is 11.4 Å². The van der Waals surface area contributed by atoms with Crippen LogP contribution in [0, 0.1) is 0 Å². The minimum absolute atomic E-state index is 0.00493. The number of nitrogens with zero attached hydrogens (tertiary/aromatic N) is 1. The van der Waals surface area contributed by atoms with Crippen molar-refractivity contribution >= 4 is 50.0 Å². The van der Waals surface area contributed by atoms with Crippen LogP contribution in [0.4, 0.5) is 0 Å². The molecule has 0 saturated heterocycles. The van der Waals surface area contributed by atoms with Crippen molar-refractivity contribution in [2.75, 3.05) is 0 Å². The molecule has 0 fully saturated rings. The summed E-state index contributed by atoms with van der Waals surface area (Å²) in [7, 11) is 0. The standard InChI is InChI=1S/C14H11BrClNO2S/c1-2-17-10-4-3-8(7-11(10)19-14(17)18)12(15)13-9(16)5-6-20-13/h3-7,12H,2H2,1H3. The van der Waals surface area contributed by atoms with Gasteiger partial charge in [-0.3, -0.25) is 4.57 Å². The Labute approximate surface area is 132 Å². The molecule has 3 aromatic rings. The summed E-state index contributed by atoms with van der Waals surface area (Å²) in [6, 6.07) is 7.66. The molecule has 0 bridgehead atoms. The lowest BCUT2D eigenvalue weighted by Gasteiger charge is -2.09. The first-order chi connectivity index (χ1) is 9.61. The van der Waals surface area contributed by atoms with Crippen LogP contribution in [0.1, 0.15) is 22.2 Å². The smallest absolute Gasteiger partial charge is 0.408 e. The lowest BCUT2D eigenvalue weighted by Crippen LogP contribution is -2.11. The molecule has 0 saturated carbocycles. The molecule has 20 heavy (non-hydrogen) atoms. The summed E-state index contributed by atoms with van der Waals surface area (Å²) in [6.07, 6.45) is 0. The largest absolute Gasteiger partial charge is 0.419 e. The predicted octanol–water partition coefficient (Wildman–Crippen LogP) is 4.81. The van der Waals surface area contributed by atoms with E-state index < -0.39 is 0 Å². The van der Waals surface area contributed by atoms with Gasteiger partial charge in [0.2, 0.25) is 0 Å². The normalized spacial score (nSPS) is 12.9. The maximum absolute atomic E-state index is 11.7. The minimum Gasteiger partial charge on any atom is -0.408 e. The van der Waals surface area contributed by atoms with Crippen LogP contribution in [0.25, 0.3) is 11.1 Å². The zero-order valence-electron chi connectivity index (χ0n) is 10.6. The Kier molecular flexibility index (Phi) is 3.75. The summed E-state index contributed by atoms with van der Waals surface area (Å²) in [6.45, 7) is 2.52. The Morgan fingerprint density at radius 3 is 2.90 bits per heavy atom. The zero-order valence-corrected chi connectivity index (χ0v) is 13.8. The molecular weight excluding hydrogens is 362 g/mol. The van der Waals surface area contributed by atoms with Crippen LogP contribution in [0.5, 0.6) is 0 Å². The highest BCUT2D eigenvalue weighted by molar-refractivity contribution is 9.09. The molecule has 2 aromatic heterocycles. The number of thiophene rings is 1. The topological polar surface area (TPSA) is 35.1 Å². The first-order valence-electron chi connectivity index (χ1n) is 6.12. The maximum Gasteiger partial charge on any atom is 0.419 e. The van der Waals surface area contributed by atoms with Gasteiger partial charge in [0.05, 0.1) is 15.4 Å². The molecule has 1 aromatic carbocycles. The number of hydrogen-bond donors (Lipinski definition) is 0. The van der Waals surface area contributed by atoms with E-state index in [1.807, 2.05) is 36.6 Å². The van der Waals surface area contributed by atoms with E-state index in [0.717, 1.165) is 21.0 Å². The van der Waals surface area contributed by atoms with E-state index >= 15 is 0 Å². The molecule has 0 aliphatic rings. The number of oxazole rings is 1. The minimum atomic E-state index is -0.320. The summed E-state index contributed by atoms with van der Waals surface area (Å²) < 4.78 is 6.90. The average molecular weight is 373 g/mol. The van der Waals surface area contributed by atoms with Gasteiger partial charge in [-0.15, -0.1) is 11.3 Å². The summed E-state index contributed by atoms with van der Waals surface area (Å²) in [5.41, 5.74) is 2.43. The second-order valence-corrected chi connectivity index (χ2v) is 6.61. The Morgan fingerprint density at radius 1 is 1.45 bits per heavy atom. The van der Waals surface area contributed by atoms with E-state index in [1.165, 1.54) is 0 Å². The molecular formula is C14H11BrClNO2S. The number of halogens is 2. The molecule has 104 valence electrons. The second kappa shape index (κ2) is 5.39. The summed E-state index contributed by atoms with van der Waals surface area (Å²) in [4.78, 5) is 12.7. The van der Waals surface area contributed by atoms with Crippen LogP contribution < -0.4 is 5.76 Å². The fraction of sp³-hybridized carbons (Fsp3) is 0.214. The van der Waals surface area contributed by atoms with Crippen molar-refractivity contribution in [3.8, 4) is 0 Å². The van der Waals surface area contributed by atoms with Crippen LogP contribution in [-0.2, 0) is 6.54 Å². The van der Waals surface area contributed by atoms with Gasteiger partial charge in [-0.25, -0.2) is 4.79 Å². The van der Waals surface area contributed by atoms with Crippen LogP contribution >= 0.6 is 38.9 Å². The second-order valence-electron chi connectivity index (χ2n) is 4.33. The van der Waals surface area contributed by atoms with Gasteiger partial charge in [-0.05, 0) is 36.1 Å². The Balaban J connectivity index is 2.10. The molecule has 0 spiro atoms. The van der Waals surface area contributed by atoms with Crippen molar-refractivity contribution in [3.05, 3.63) is 55.7 Å². The lowest BCUT2D eigenvalue weighted by atomic mass is 10.1. The van der Waals surface area contributed by atoms with Crippen LogP contribution in [0.15, 0.2) is 38.9 Å². The number of aromatic nitrogens is 1. The maximum atomic E-state index is 11.7. The number of fused-ring (bicyclic) bond motifs is 1. The van der Waals surface area contributed by atoms with Crippen LogP contribution in [0.3, 0.4) is 0 Å². The number of alkyl halides is 1. The zero-order chi connectivity index (χ0) is 14.3. The highest BCUT2D eigenvalue weighted by Gasteiger charge is 2.17. The summed E-state index contributed by atoms with van der Waals surface area (Å²) in [5, 5.41) is 2.70. The van der Waals surface area contributed by atoms with Crippen molar-refractivity contribution in [3.63, 3.8) is 0 Å². The van der Waals surface area contributed by atoms with E-state index in [-0.39, 0.29) is 10.6 Å². The quantitative estimate of drug-likeness (QED) is 0.618. The molecule has 0 radical (unpaired) electrons. The van der Waals surface area contributed by atoms with Gasteiger partial charge < -0.3 is 4.42 Å². The molecule has 2 heterocycles. The van der Waals surface area contributed by atoms with Crippen molar-refractivity contribution in [2.45, 2.75) is 18.3 Å². The highest BCUT2D eigenvalue weighted by Crippen LogP contribution is 2.39. The monoisotopic (exact) mass is 371 g/mol. The molecule has 0 N–H and O–H groups in total. The van der Waals surface area contributed by atoms with Gasteiger partial charge in [-0.2, -0.15) is 0 Å². The summed E-state index contributed by atoms with van der Waals surface area (Å²) in [5.74, 6) is -0.320. The van der Waals surface area contributed by atoms with Crippen molar-refractivity contribution < 1.29 is 4.42 Å². The van der Waals surface area contributed by atoms with Gasteiger partial charge in [-0.1, -0.05) is 33.6 Å². The van der Waals surface area contributed by atoms with Gasteiger partial charge in [0.1, 0.15) is 0 Å². The van der Waals surface area contributed by atoms with E-state index in [0.29, 0.717) is 12.1 Å². The van der Waals surface area contributed by atoms with Gasteiger partial charge in [0.25, 0.3) is 0 Å². The number of benzene rings is 1. The molecule has 1 atom stereocenters. The fourth-order valence-electron chi connectivity index (χ4n) is 2.18. The molecule has 6 heteroatoms. The first kappa shape index (κ1) is 13.9. The van der Waals surface area contributed by atoms with E-state index in [1.54, 1.807) is 15.9 Å². The first-order valence-corrected chi connectivity index (χ1v) is 8.29. The Bertz CT molecular complexity index is 820. The number of aryl methyl sites for hydroxylation is 1. The van der Waals surface area contributed by atoms with Crippen LogP contribution in [-0.4, -0.2) is 4.57 Å². The molecule has 1 unspecified atom stereocenters. The van der Waals surface area contributed by atoms with Crippen LogP contribution in [0.2, 0.25) is 5.02 Å². The summed E-state index contributed by atoms with van der Waals surface area (Å²) >= 11 is 11.4. The third-order valence-electron chi connectivity index (χ3n) is 3.18. The number of rotatable bonds is 3. The Morgan fingerprint density at radius 2 is 2.25 bits per heavy atom. The van der Waals surface area contributed by atoms with Gasteiger partial charge in [0.15, 0.2) is 5.58 Å². The molecule has 0 aliphatic carbocycles. The van der Waals surface area contributed by atoms with Gasteiger partial charge >= 0.3 is 5.76 Å². The third kappa shape index (κ3) is 2.24. The van der Waals surface area contributed by atoms with Crippen molar-refractivity contribution in [1.29, 1.82) is 0 Å². The average Bonchev–Trinajstić information content (AvgIpc) is 2.99. The molecule has 0 amide bonds. The Hall–Kier alpha value is -1.04. The van der Waals surface area contributed by atoms with E-state index in [2.05, 4.69) is 15.9 Å².